The Morgan fingerprint density at radius 2 is 1.65 bits per heavy atom. The van der Waals surface area contributed by atoms with Crippen molar-refractivity contribution in [3.8, 4) is 0 Å². The second-order valence-corrected chi connectivity index (χ2v) is 4.95. The highest BCUT2D eigenvalue weighted by atomic mass is 16.2. The summed E-state index contributed by atoms with van der Waals surface area (Å²) in [6.45, 7) is 0. The molecule has 2 aromatic rings. The average molecular weight is 310 g/mol. The molecule has 0 aliphatic carbocycles. The summed E-state index contributed by atoms with van der Waals surface area (Å²) >= 11 is 0. The second kappa shape index (κ2) is 7.74. The zero-order chi connectivity index (χ0) is 16.7. The number of pyridine rings is 1. The maximum atomic E-state index is 12.0. The van der Waals surface area contributed by atoms with Gasteiger partial charge in [0.05, 0.1) is 17.1 Å². The number of benzene rings is 1. The zero-order valence-electron chi connectivity index (χ0n) is 13.0. The molecule has 1 aromatic heterocycles. The molecule has 0 spiro atoms. The molecular weight excluding hydrogens is 292 g/mol. The number of carbonyl (C=O) groups excluding carboxylic acids is 2. The topological polar surface area (TPSA) is 74.3 Å². The van der Waals surface area contributed by atoms with Crippen LogP contribution in [0.15, 0.2) is 54.7 Å². The molecule has 0 fully saturated rings. The minimum Gasteiger partial charge on any atom is -0.331 e. The lowest BCUT2D eigenvalue weighted by atomic mass is 10.2. The van der Waals surface area contributed by atoms with Gasteiger partial charge in [0, 0.05) is 26.4 Å². The van der Waals surface area contributed by atoms with Crippen LogP contribution in [0.5, 0.6) is 0 Å². The summed E-state index contributed by atoms with van der Waals surface area (Å²) in [4.78, 5) is 29.3. The van der Waals surface area contributed by atoms with Gasteiger partial charge >= 0.3 is 6.03 Å². The van der Waals surface area contributed by atoms with Crippen LogP contribution in [0.25, 0.3) is 6.08 Å². The summed E-state index contributed by atoms with van der Waals surface area (Å²) in [6.07, 6.45) is 4.67. The lowest BCUT2D eigenvalue weighted by Gasteiger charge is -2.15. The first-order chi connectivity index (χ1) is 11.1. The Labute approximate surface area is 134 Å². The molecule has 0 aliphatic rings. The number of urea groups is 1. The lowest BCUT2D eigenvalue weighted by Crippen LogP contribution is -2.27. The van der Waals surface area contributed by atoms with E-state index >= 15 is 0 Å². The normalized spacial score (nSPS) is 10.3. The van der Waals surface area contributed by atoms with E-state index in [1.165, 1.54) is 11.0 Å². The van der Waals surface area contributed by atoms with E-state index in [-0.39, 0.29) is 11.9 Å². The molecule has 0 saturated heterocycles. The van der Waals surface area contributed by atoms with Gasteiger partial charge in [-0.25, -0.2) is 4.79 Å². The molecular formula is C17H18N4O2. The van der Waals surface area contributed by atoms with Crippen LogP contribution in [0.4, 0.5) is 16.2 Å². The lowest BCUT2D eigenvalue weighted by molar-refractivity contribution is -0.111. The van der Waals surface area contributed by atoms with E-state index in [0.717, 1.165) is 0 Å². The first-order valence-corrected chi connectivity index (χ1v) is 7.03. The van der Waals surface area contributed by atoms with Crippen molar-refractivity contribution < 1.29 is 9.59 Å². The number of nitrogens with zero attached hydrogens (tertiary/aromatic N) is 2. The van der Waals surface area contributed by atoms with Gasteiger partial charge < -0.3 is 15.5 Å². The Morgan fingerprint density at radius 1 is 1.00 bits per heavy atom. The Kier molecular flexibility index (Phi) is 5.46. The van der Waals surface area contributed by atoms with Crippen molar-refractivity contribution in [3.63, 3.8) is 0 Å². The van der Waals surface area contributed by atoms with Gasteiger partial charge in [-0.05, 0) is 30.3 Å². The molecule has 23 heavy (non-hydrogen) atoms. The van der Waals surface area contributed by atoms with Crippen LogP contribution in [0.1, 0.15) is 5.69 Å². The maximum Gasteiger partial charge on any atom is 0.321 e. The quantitative estimate of drug-likeness (QED) is 0.853. The molecule has 3 amide bonds. The van der Waals surface area contributed by atoms with Gasteiger partial charge in [-0.1, -0.05) is 18.2 Å². The highest BCUT2D eigenvalue weighted by Gasteiger charge is 2.09. The average Bonchev–Trinajstić information content (AvgIpc) is 2.55. The van der Waals surface area contributed by atoms with Crippen molar-refractivity contribution in [2.45, 2.75) is 0 Å². The Hall–Kier alpha value is -3.15. The molecule has 2 N–H and O–H groups in total. The molecule has 0 unspecified atom stereocenters. The molecule has 1 aromatic carbocycles. The van der Waals surface area contributed by atoms with E-state index in [9.17, 15) is 9.59 Å². The summed E-state index contributed by atoms with van der Waals surface area (Å²) < 4.78 is 0. The first-order valence-electron chi connectivity index (χ1n) is 7.03. The van der Waals surface area contributed by atoms with Gasteiger partial charge in [0.25, 0.3) is 0 Å². The third-order valence-corrected chi connectivity index (χ3v) is 2.93. The van der Waals surface area contributed by atoms with Crippen LogP contribution >= 0.6 is 0 Å². The molecule has 2 rings (SSSR count). The molecule has 0 bridgehead atoms. The van der Waals surface area contributed by atoms with E-state index in [4.69, 9.17) is 0 Å². The van der Waals surface area contributed by atoms with E-state index in [2.05, 4.69) is 15.6 Å². The zero-order valence-corrected chi connectivity index (χ0v) is 13.0. The third-order valence-electron chi connectivity index (χ3n) is 2.93. The predicted octanol–water partition coefficient (Wildman–Crippen LogP) is 2.83. The minimum absolute atomic E-state index is 0.268. The Bertz CT molecular complexity index is 712. The minimum atomic E-state index is -0.304. The van der Waals surface area contributed by atoms with Gasteiger partial charge in [0.1, 0.15) is 0 Å². The van der Waals surface area contributed by atoms with Crippen LogP contribution in [0.2, 0.25) is 0 Å². The molecule has 6 heteroatoms. The van der Waals surface area contributed by atoms with Crippen molar-refractivity contribution in [2.75, 3.05) is 24.7 Å². The molecule has 1 heterocycles. The molecule has 118 valence electrons. The number of hydrogen-bond acceptors (Lipinski definition) is 3. The number of rotatable bonds is 4. The van der Waals surface area contributed by atoms with Crippen LogP contribution < -0.4 is 10.6 Å². The molecule has 0 radical (unpaired) electrons. The smallest absolute Gasteiger partial charge is 0.321 e. The Morgan fingerprint density at radius 3 is 2.26 bits per heavy atom. The highest BCUT2D eigenvalue weighted by Crippen LogP contribution is 2.21. The van der Waals surface area contributed by atoms with Gasteiger partial charge in [-0.3, -0.25) is 9.78 Å². The van der Waals surface area contributed by atoms with Crippen LogP contribution in [0.3, 0.4) is 0 Å². The predicted molar refractivity (Wildman–Crippen MR) is 91.0 cm³/mol. The summed E-state index contributed by atoms with van der Waals surface area (Å²) in [5.41, 5.74) is 1.75. The number of amides is 3. The Balaban J connectivity index is 2.06. The fourth-order valence-electron chi connectivity index (χ4n) is 1.74. The standard InChI is InChI=1S/C17H18N4O2/c1-21(2)17(23)20-15-9-4-3-8-14(15)19-16(22)11-10-13-7-5-6-12-18-13/h3-12H,1-2H3,(H,19,22)(H,20,23). The maximum absolute atomic E-state index is 12.0. The number of aromatic nitrogens is 1. The van der Waals surface area contributed by atoms with E-state index < -0.39 is 0 Å². The number of carbonyl (C=O) groups is 2. The summed E-state index contributed by atoms with van der Waals surface area (Å²) in [5, 5.41) is 5.46. The SMILES string of the molecule is CN(C)C(=O)Nc1ccccc1NC(=O)C=Cc1ccccn1. The van der Waals surface area contributed by atoms with Gasteiger partial charge in [-0.2, -0.15) is 0 Å². The van der Waals surface area contributed by atoms with Crippen LogP contribution in [-0.2, 0) is 4.79 Å². The summed E-state index contributed by atoms with van der Waals surface area (Å²) in [5.74, 6) is -0.304. The monoisotopic (exact) mass is 310 g/mol. The van der Waals surface area contributed by atoms with Crippen molar-refractivity contribution in [2.24, 2.45) is 0 Å². The van der Waals surface area contributed by atoms with Gasteiger partial charge in [0.15, 0.2) is 0 Å². The van der Waals surface area contributed by atoms with E-state index in [1.54, 1.807) is 62.8 Å². The second-order valence-electron chi connectivity index (χ2n) is 4.95. The van der Waals surface area contributed by atoms with E-state index in [1.807, 2.05) is 6.07 Å². The number of nitrogens with one attached hydrogen (secondary N) is 2. The van der Waals surface area contributed by atoms with E-state index in [0.29, 0.717) is 17.1 Å². The number of anilines is 2. The molecule has 6 nitrogen and oxygen atoms in total. The first kappa shape index (κ1) is 16.2. The van der Waals surface area contributed by atoms with Crippen LogP contribution in [0, 0.1) is 0 Å². The summed E-state index contributed by atoms with van der Waals surface area (Å²) in [7, 11) is 3.29. The van der Waals surface area contributed by atoms with Crippen LogP contribution in [-0.4, -0.2) is 35.9 Å². The molecule has 0 atom stereocenters. The van der Waals surface area contributed by atoms with Gasteiger partial charge in [-0.15, -0.1) is 0 Å². The van der Waals surface area contributed by atoms with Crippen molar-refractivity contribution in [3.05, 3.63) is 60.4 Å². The van der Waals surface area contributed by atoms with Crippen molar-refractivity contribution >= 4 is 29.4 Å². The molecule has 0 aliphatic heterocycles. The number of hydrogen-bond donors (Lipinski definition) is 2. The van der Waals surface area contributed by atoms with Crippen molar-refractivity contribution in [1.29, 1.82) is 0 Å². The largest absolute Gasteiger partial charge is 0.331 e. The van der Waals surface area contributed by atoms with Gasteiger partial charge in [0.2, 0.25) is 5.91 Å². The highest BCUT2D eigenvalue weighted by molar-refractivity contribution is 6.05. The fraction of sp³-hybridized carbons (Fsp3) is 0.118. The third kappa shape index (κ3) is 4.96. The molecule has 0 saturated carbocycles. The summed E-state index contributed by atoms with van der Waals surface area (Å²) in [6, 6.07) is 12.2. The van der Waals surface area contributed by atoms with Crippen molar-refractivity contribution in [1.82, 2.24) is 9.88 Å². The number of para-hydroxylation sites is 2. The fourth-order valence-corrected chi connectivity index (χ4v) is 1.74.